The van der Waals surface area contributed by atoms with Gasteiger partial charge in [-0.3, -0.25) is 0 Å². The summed E-state index contributed by atoms with van der Waals surface area (Å²) >= 11 is 0. The average molecular weight is 370 g/mol. The fraction of sp³-hybridized carbons (Fsp3) is 0.524. The molecule has 0 unspecified atom stereocenters. The summed E-state index contributed by atoms with van der Waals surface area (Å²) in [5, 5.41) is 11.5. The maximum atomic E-state index is 12.9. The van der Waals surface area contributed by atoms with Crippen LogP contribution < -0.4 is 0 Å². The van der Waals surface area contributed by atoms with Crippen LogP contribution in [0.25, 0.3) is 0 Å². The first-order valence-electron chi connectivity index (χ1n) is 9.35. The number of furan rings is 1. The zero-order chi connectivity index (χ0) is 19.0. The van der Waals surface area contributed by atoms with E-state index >= 15 is 0 Å². The van der Waals surface area contributed by atoms with Gasteiger partial charge in [-0.1, -0.05) is 26.0 Å². The van der Waals surface area contributed by atoms with Crippen molar-refractivity contribution in [1.29, 1.82) is 0 Å². The Bertz CT molecular complexity index is 896. The van der Waals surface area contributed by atoms with Crippen LogP contribution in [0.1, 0.15) is 44.8 Å². The van der Waals surface area contributed by atoms with E-state index in [-0.39, 0.29) is 12.6 Å². The Morgan fingerprint density at radius 3 is 2.70 bits per heavy atom. The molecule has 0 saturated carbocycles. The lowest BCUT2D eigenvalue weighted by Gasteiger charge is -2.63. The van der Waals surface area contributed by atoms with E-state index in [1.54, 1.807) is 6.07 Å². The van der Waals surface area contributed by atoms with Crippen LogP contribution in [0.3, 0.4) is 0 Å². The monoisotopic (exact) mass is 370 g/mol. The van der Waals surface area contributed by atoms with Crippen molar-refractivity contribution in [2.45, 2.75) is 45.3 Å². The van der Waals surface area contributed by atoms with Crippen molar-refractivity contribution in [2.24, 2.45) is 16.2 Å². The van der Waals surface area contributed by atoms with Gasteiger partial charge in [0.2, 0.25) is 0 Å². The third-order valence-corrected chi connectivity index (χ3v) is 7.80. The van der Waals surface area contributed by atoms with Crippen LogP contribution in [-0.4, -0.2) is 29.8 Å². The highest BCUT2D eigenvalue weighted by Gasteiger charge is 2.71. The molecule has 1 aromatic rings. The van der Waals surface area contributed by atoms with Crippen LogP contribution in [0.2, 0.25) is 0 Å². The number of aliphatic hydroxyl groups is 1. The number of carbonyl (C=O) groups is 2. The zero-order valence-corrected chi connectivity index (χ0v) is 15.4. The van der Waals surface area contributed by atoms with Crippen molar-refractivity contribution in [3.8, 4) is 0 Å². The van der Waals surface area contributed by atoms with Gasteiger partial charge in [-0.05, 0) is 30.7 Å². The van der Waals surface area contributed by atoms with Gasteiger partial charge in [0, 0.05) is 27.5 Å². The number of carbonyl (C=O) groups excluding carboxylic acids is 2. The molecule has 0 radical (unpaired) electrons. The first kappa shape index (κ1) is 16.8. The van der Waals surface area contributed by atoms with Gasteiger partial charge in [0.05, 0.1) is 12.5 Å². The molecule has 2 aliphatic heterocycles. The van der Waals surface area contributed by atoms with Gasteiger partial charge in [-0.15, -0.1) is 0 Å². The first-order valence-corrected chi connectivity index (χ1v) is 9.35. The molecule has 3 heterocycles. The zero-order valence-electron chi connectivity index (χ0n) is 15.4. The van der Waals surface area contributed by atoms with Gasteiger partial charge in [0.25, 0.3) is 0 Å². The lowest BCUT2D eigenvalue weighted by atomic mass is 9.40. The Balaban J connectivity index is 1.71. The molecule has 0 aromatic carbocycles. The van der Waals surface area contributed by atoms with Gasteiger partial charge in [-0.25, -0.2) is 9.59 Å². The van der Waals surface area contributed by atoms with Crippen LogP contribution >= 0.6 is 0 Å². The second-order valence-corrected chi connectivity index (χ2v) is 8.50. The van der Waals surface area contributed by atoms with Crippen molar-refractivity contribution in [1.82, 2.24) is 0 Å². The molecule has 2 aliphatic carbocycles. The Labute approximate surface area is 156 Å². The quantitative estimate of drug-likeness (QED) is 0.765. The number of rotatable bonds is 1. The Morgan fingerprint density at radius 1 is 1.15 bits per heavy atom. The Hall–Kier alpha value is -2.34. The van der Waals surface area contributed by atoms with E-state index in [9.17, 15) is 14.7 Å². The molecule has 1 N–H and O–H groups in total. The van der Waals surface area contributed by atoms with E-state index in [1.165, 1.54) is 12.5 Å². The number of cyclic esters (lactones) is 2. The molecule has 0 amide bonds. The summed E-state index contributed by atoms with van der Waals surface area (Å²) in [5.41, 5.74) is -0.107. The van der Waals surface area contributed by atoms with Gasteiger partial charge in [0.1, 0.15) is 12.7 Å². The second-order valence-electron chi connectivity index (χ2n) is 8.50. The van der Waals surface area contributed by atoms with Gasteiger partial charge < -0.3 is 19.0 Å². The van der Waals surface area contributed by atoms with Crippen LogP contribution in [-0.2, 0) is 19.1 Å². The summed E-state index contributed by atoms with van der Waals surface area (Å²) in [4.78, 5) is 25.3. The van der Waals surface area contributed by atoms with E-state index < -0.39 is 34.4 Å². The molecular weight excluding hydrogens is 348 g/mol. The van der Waals surface area contributed by atoms with Gasteiger partial charge in [-0.2, -0.15) is 0 Å². The molecule has 0 bridgehead atoms. The summed E-state index contributed by atoms with van der Waals surface area (Å²) in [6.45, 7) is 4.30. The SMILES string of the molecule is C[C@]12CCC=C3C(=O)OC[C@]31CC=C1C(=O)O[C@@H](c3ccoc3)[C@H](O)[C@@]12C. The summed E-state index contributed by atoms with van der Waals surface area (Å²) in [6, 6.07) is 1.70. The number of allylic oxidation sites excluding steroid dienone is 2. The number of ether oxygens (including phenoxy) is 2. The fourth-order valence-corrected chi connectivity index (χ4v) is 5.97. The lowest BCUT2D eigenvalue weighted by Crippen LogP contribution is -2.64. The third-order valence-electron chi connectivity index (χ3n) is 7.80. The number of esters is 2. The largest absolute Gasteiger partial charge is 0.472 e. The normalized spacial score (nSPS) is 42.9. The molecule has 6 heteroatoms. The molecule has 27 heavy (non-hydrogen) atoms. The minimum absolute atomic E-state index is 0.277. The minimum Gasteiger partial charge on any atom is -0.472 e. The molecule has 1 aromatic heterocycles. The topological polar surface area (TPSA) is 86.0 Å². The van der Waals surface area contributed by atoms with Crippen LogP contribution in [0.5, 0.6) is 0 Å². The van der Waals surface area contributed by atoms with E-state index in [0.717, 1.165) is 6.42 Å². The van der Waals surface area contributed by atoms with Crippen molar-refractivity contribution in [2.75, 3.05) is 6.61 Å². The maximum Gasteiger partial charge on any atom is 0.335 e. The molecule has 1 spiro atoms. The van der Waals surface area contributed by atoms with Gasteiger partial charge >= 0.3 is 11.9 Å². The standard InChI is InChI=1S/C21H22O6/c1-19-7-3-4-14-17(23)26-11-21(14,19)8-5-13-18(24)27-15(12-6-9-25-10-12)16(22)20(13,19)2/h4-6,9-10,15-16,22H,3,7-8,11H2,1-2H3/t15-,16-,19+,20+,21+/m0/s1. The predicted molar refractivity (Wildman–Crippen MR) is 93.2 cm³/mol. The number of hydrogen-bond donors (Lipinski definition) is 1. The molecule has 2 saturated heterocycles. The summed E-state index contributed by atoms with van der Waals surface area (Å²) in [5.74, 6) is -0.688. The third kappa shape index (κ3) is 1.75. The van der Waals surface area contributed by atoms with E-state index in [1.807, 2.05) is 19.1 Å². The predicted octanol–water partition coefficient (Wildman–Crippen LogP) is 2.84. The number of hydrogen-bond acceptors (Lipinski definition) is 6. The summed E-state index contributed by atoms with van der Waals surface area (Å²) in [6.07, 6.45) is 7.04. The summed E-state index contributed by atoms with van der Waals surface area (Å²) < 4.78 is 16.2. The Morgan fingerprint density at radius 2 is 1.96 bits per heavy atom. The molecule has 5 atom stereocenters. The van der Waals surface area contributed by atoms with Crippen molar-refractivity contribution >= 4 is 11.9 Å². The van der Waals surface area contributed by atoms with Crippen LogP contribution in [0.15, 0.2) is 46.3 Å². The number of fused-ring (bicyclic) bond motifs is 2. The van der Waals surface area contributed by atoms with Crippen LogP contribution in [0.4, 0.5) is 0 Å². The molecule has 6 nitrogen and oxygen atoms in total. The van der Waals surface area contributed by atoms with Crippen molar-refractivity contribution in [3.63, 3.8) is 0 Å². The fourth-order valence-electron chi connectivity index (χ4n) is 5.97. The highest BCUT2D eigenvalue weighted by Crippen LogP contribution is 2.71. The maximum absolute atomic E-state index is 12.9. The highest BCUT2D eigenvalue weighted by atomic mass is 16.6. The van der Waals surface area contributed by atoms with Crippen LogP contribution in [0, 0.1) is 16.2 Å². The van der Waals surface area contributed by atoms with Crippen molar-refractivity contribution in [3.05, 3.63) is 47.5 Å². The molecule has 2 fully saturated rings. The minimum atomic E-state index is -0.962. The lowest BCUT2D eigenvalue weighted by molar-refractivity contribution is -0.199. The van der Waals surface area contributed by atoms with Gasteiger partial charge in [0.15, 0.2) is 6.10 Å². The summed E-state index contributed by atoms with van der Waals surface area (Å²) in [7, 11) is 0. The molecular formula is C21H22O6. The Kier molecular flexibility index (Phi) is 3.19. The second kappa shape index (κ2) is 5.13. The highest BCUT2D eigenvalue weighted by molar-refractivity contribution is 5.95. The average Bonchev–Trinajstić information content (AvgIpc) is 3.28. The van der Waals surface area contributed by atoms with E-state index in [0.29, 0.717) is 29.6 Å². The number of aliphatic hydroxyl groups excluding tert-OH is 1. The molecule has 4 aliphatic rings. The van der Waals surface area contributed by atoms with E-state index in [4.69, 9.17) is 13.9 Å². The first-order chi connectivity index (χ1) is 12.8. The molecule has 5 rings (SSSR count). The van der Waals surface area contributed by atoms with Crippen molar-refractivity contribution < 1.29 is 28.6 Å². The molecule has 142 valence electrons. The van der Waals surface area contributed by atoms with E-state index in [2.05, 4.69) is 6.92 Å². The smallest absolute Gasteiger partial charge is 0.335 e.